The summed E-state index contributed by atoms with van der Waals surface area (Å²) < 4.78 is 5.18. The third-order valence-corrected chi connectivity index (χ3v) is 7.56. The van der Waals surface area contributed by atoms with Crippen LogP contribution in [0.1, 0.15) is 45.4 Å². The van der Waals surface area contributed by atoms with E-state index in [4.69, 9.17) is 4.74 Å². The van der Waals surface area contributed by atoms with Gasteiger partial charge in [0.25, 0.3) is 0 Å². The zero-order chi connectivity index (χ0) is 21.3. The Hall–Kier alpha value is -2.08. The molecule has 1 aromatic rings. The van der Waals surface area contributed by atoms with E-state index in [9.17, 15) is 9.59 Å². The van der Waals surface area contributed by atoms with E-state index in [0.29, 0.717) is 16.9 Å². The van der Waals surface area contributed by atoms with E-state index in [1.807, 2.05) is 18.2 Å². The Labute approximate surface area is 179 Å². The molecule has 0 aromatic heterocycles. The largest absolute Gasteiger partial charge is 0.497 e. The first-order chi connectivity index (χ1) is 14.3. The van der Waals surface area contributed by atoms with Gasteiger partial charge >= 0.3 is 0 Å². The molecule has 0 saturated heterocycles. The van der Waals surface area contributed by atoms with Crippen molar-refractivity contribution in [3.8, 4) is 5.75 Å². The Balaban J connectivity index is 1.25. The topological polar surface area (TPSA) is 70.7 Å². The van der Waals surface area contributed by atoms with Gasteiger partial charge in [0.15, 0.2) is 0 Å². The summed E-state index contributed by atoms with van der Waals surface area (Å²) in [5.74, 6) is 3.18. The Morgan fingerprint density at radius 1 is 1.10 bits per heavy atom. The fourth-order valence-corrected chi connectivity index (χ4v) is 6.60. The van der Waals surface area contributed by atoms with Crippen molar-refractivity contribution in [1.29, 1.82) is 0 Å². The predicted octanol–water partition coefficient (Wildman–Crippen LogP) is 3.29. The van der Waals surface area contributed by atoms with E-state index >= 15 is 0 Å². The maximum atomic E-state index is 12.7. The molecule has 0 unspecified atom stereocenters. The van der Waals surface area contributed by atoms with E-state index < -0.39 is 0 Å². The summed E-state index contributed by atoms with van der Waals surface area (Å²) in [6.45, 7) is 2.58. The van der Waals surface area contributed by atoms with Crippen molar-refractivity contribution in [2.75, 3.05) is 32.6 Å². The van der Waals surface area contributed by atoms with Crippen LogP contribution in [0, 0.1) is 23.2 Å². The number of nitrogens with one attached hydrogen (secondary N) is 2. The molecule has 4 saturated carbocycles. The zero-order valence-corrected chi connectivity index (χ0v) is 18.4. The molecule has 1 atom stereocenters. The summed E-state index contributed by atoms with van der Waals surface area (Å²) in [6.07, 6.45) is 8.05. The average Bonchev–Trinajstić information content (AvgIpc) is 2.66. The van der Waals surface area contributed by atoms with Gasteiger partial charge < -0.3 is 15.4 Å². The van der Waals surface area contributed by atoms with Gasteiger partial charge in [0.2, 0.25) is 11.8 Å². The molecule has 0 radical (unpaired) electrons. The highest BCUT2D eigenvalue weighted by Gasteiger charge is 2.53. The second kappa shape index (κ2) is 8.58. The van der Waals surface area contributed by atoms with Crippen LogP contribution in [0.2, 0.25) is 0 Å². The third-order valence-electron chi connectivity index (χ3n) is 7.56. The first kappa shape index (κ1) is 21.2. The molecule has 4 bridgehead atoms. The van der Waals surface area contributed by atoms with Gasteiger partial charge in [-0.3, -0.25) is 14.5 Å². The lowest BCUT2D eigenvalue weighted by atomic mass is 9.48. The first-order valence-corrected chi connectivity index (χ1v) is 11.3. The van der Waals surface area contributed by atoms with Crippen molar-refractivity contribution >= 4 is 17.5 Å². The highest BCUT2D eigenvalue weighted by atomic mass is 16.5. The van der Waals surface area contributed by atoms with Crippen LogP contribution in [0.15, 0.2) is 24.3 Å². The fraction of sp³-hybridized carbons (Fsp3) is 0.667. The number of hydrogen-bond acceptors (Lipinski definition) is 4. The van der Waals surface area contributed by atoms with Gasteiger partial charge in [0.05, 0.1) is 20.2 Å². The van der Waals surface area contributed by atoms with Crippen molar-refractivity contribution in [3.05, 3.63) is 24.3 Å². The molecule has 4 fully saturated rings. The highest BCUT2D eigenvalue weighted by Crippen LogP contribution is 2.61. The maximum absolute atomic E-state index is 12.7. The molecule has 0 spiro atoms. The van der Waals surface area contributed by atoms with E-state index in [-0.39, 0.29) is 30.9 Å². The molecule has 2 amide bonds. The number of rotatable bonds is 8. The van der Waals surface area contributed by atoms with Gasteiger partial charge in [-0.15, -0.1) is 0 Å². The van der Waals surface area contributed by atoms with Gasteiger partial charge in [0.1, 0.15) is 5.75 Å². The lowest BCUT2D eigenvalue weighted by Crippen LogP contribution is -2.56. The van der Waals surface area contributed by atoms with Crippen molar-refractivity contribution in [3.63, 3.8) is 0 Å². The second-order valence-corrected chi connectivity index (χ2v) is 10.0. The highest BCUT2D eigenvalue weighted by molar-refractivity contribution is 5.92. The zero-order valence-electron chi connectivity index (χ0n) is 18.4. The second-order valence-electron chi connectivity index (χ2n) is 10.0. The van der Waals surface area contributed by atoms with E-state index in [2.05, 4.69) is 17.6 Å². The summed E-state index contributed by atoms with van der Waals surface area (Å²) in [7, 11) is 3.40. The molecule has 5 rings (SSSR count). The normalized spacial score (nSPS) is 30.2. The van der Waals surface area contributed by atoms with Gasteiger partial charge in [-0.05, 0) is 87.8 Å². The molecule has 6 nitrogen and oxygen atoms in total. The predicted molar refractivity (Wildman–Crippen MR) is 117 cm³/mol. The Bertz CT molecular complexity index is 758. The number of nitrogens with zero attached hydrogens (tertiary/aromatic N) is 1. The number of benzene rings is 1. The smallest absolute Gasteiger partial charge is 0.238 e. The SMILES string of the molecule is COc1cccc(NC(=O)CN(C)CC(=O)N[C@@H](C)C23CC4CC(CC(C4)C2)C3)c1. The molecule has 2 N–H and O–H groups in total. The number of likely N-dealkylation sites (N-methyl/N-ethyl adjacent to an activating group) is 1. The van der Waals surface area contributed by atoms with Crippen LogP contribution in [0.25, 0.3) is 0 Å². The molecule has 4 aliphatic rings. The van der Waals surface area contributed by atoms with Crippen LogP contribution in [0.3, 0.4) is 0 Å². The molecule has 0 heterocycles. The van der Waals surface area contributed by atoms with E-state index in [1.54, 1.807) is 25.1 Å². The summed E-state index contributed by atoms with van der Waals surface area (Å²) in [6, 6.07) is 7.46. The number of carbonyl (C=O) groups excluding carboxylic acids is 2. The Kier molecular flexibility index (Phi) is 6.05. The summed E-state index contributed by atoms with van der Waals surface area (Å²) in [5.41, 5.74) is 0.986. The first-order valence-electron chi connectivity index (χ1n) is 11.3. The number of hydrogen-bond donors (Lipinski definition) is 2. The van der Waals surface area contributed by atoms with Gasteiger partial charge in [-0.1, -0.05) is 6.07 Å². The minimum absolute atomic E-state index is 0.00919. The molecule has 30 heavy (non-hydrogen) atoms. The molecular formula is C24H35N3O3. The fourth-order valence-electron chi connectivity index (χ4n) is 6.60. The molecule has 0 aliphatic heterocycles. The Morgan fingerprint density at radius 2 is 1.70 bits per heavy atom. The minimum atomic E-state index is -0.146. The minimum Gasteiger partial charge on any atom is -0.497 e. The monoisotopic (exact) mass is 413 g/mol. The van der Waals surface area contributed by atoms with Crippen LogP contribution in [-0.2, 0) is 9.59 Å². The third kappa shape index (κ3) is 4.64. The molecule has 6 heteroatoms. The standard InChI is InChI=1S/C24H35N3O3/c1-16(24-11-17-7-18(12-24)9-19(8-17)13-24)25-22(28)14-27(2)15-23(29)26-20-5-4-6-21(10-20)30-3/h4-6,10,16-19H,7-9,11-15H2,1-3H3,(H,25,28)(H,26,29)/t16-,17?,18?,19?,24?/m0/s1. The van der Waals surface area contributed by atoms with Crippen LogP contribution in [0.4, 0.5) is 5.69 Å². The summed E-state index contributed by atoms with van der Waals surface area (Å²) >= 11 is 0. The van der Waals surface area contributed by atoms with Crippen molar-refractivity contribution in [1.82, 2.24) is 10.2 Å². The molecule has 1 aromatic carbocycles. The number of anilines is 1. The molecule has 4 aliphatic carbocycles. The molecule has 164 valence electrons. The van der Waals surface area contributed by atoms with Crippen LogP contribution < -0.4 is 15.4 Å². The molecular weight excluding hydrogens is 378 g/mol. The van der Waals surface area contributed by atoms with Crippen LogP contribution in [-0.4, -0.2) is 50.0 Å². The van der Waals surface area contributed by atoms with Crippen LogP contribution >= 0.6 is 0 Å². The van der Waals surface area contributed by atoms with Gasteiger partial charge in [-0.25, -0.2) is 0 Å². The van der Waals surface area contributed by atoms with Gasteiger partial charge in [-0.2, -0.15) is 0 Å². The van der Waals surface area contributed by atoms with E-state index in [1.165, 1.54) is 38.5 Å². The van der Waals surface area contributed by atoms with Crippen molar-refractivity contribution in [2.45, 2.75) is 51.5 Å². The number of amides is 2. The quantitative estimate of drug-likeness (QED) is 0.686. The average molecular weight is 414 g/mol. The number of methoxy groups -OCH3 is 1. The van der Waals surface area contributed by atoms with Crippen molar-refractivity contribution in [2.24, 2.45) is 23.2 Å². The van der Waals surface area contributed by atoms with E-state index in [0.717, 1.165) is 17.8 Å². The van der Waals surface area contributed by atoms with Crippen LogP contribution in [0.5, 0.6) is 5.75 Å². The Morgan fingerprint density at radius 3 is 2.30 bits per heavy atom. The summed E-state index contributed by atoms with van der Waals surface area (Å²) in [4.78, 5) is 26.8. The maximum Gasteiger partial charge on any atom is 0.238 e. The van der Waals surface area contributed by atoms with Gasteiger partial charge in [0, 0.05) is 17.8 Å². The lowest BCUT2D eigenvalue weighted by Gasteiger charge is -2.59. The van der Waals surface area contributed by atoms with Crippen molar-refractivity contribution < 1.29 is 14.3 Å². The number of carbonyl (C=O) groups is 2. The number of ether oxygens (including phenoxy) is 1. The lowest BCUT2D eigenvalue weighted by molar-refractivity contribution is -0.127. The summed E-state index contributed by atoms with van der Waals surface area (Å²) in [5, 5.41) is 6.14.